The lowest BCUT2D eigenvalue weighted by molar-refractivity contribution is -0.143. The van der Waals surface area contributed by atoms with E-state index in [4.69, 9.17) is 21.1 Å². The molecule has 3 aromatic carbocycles. The van der Waals surface area contributed by atoms with Crippen LogP contribution in [-0.2, 0) is 22.6 Å². The van der Waals surface area contributed by atoms with E-state index in [2.05, 4.69) is 5.32 Å². The molecular formula is C29H33ClN2O4. The molecule has 0 bridgehead atoms. The zero-order valence-corrected chi connectivity index (χ0v) is 21.9. The molecule has 1 unspecified atom stereocenters. The summed E-state index contributed by atoms with van der Waals surface area (Å²) >= 11 is 6.22. The number of nitrogens with zero attached hydrogens (tertiary/aromatic N) is 1. The summed E-state index contributed by atoms with van der Waals surface area (Å²) in [5.74, 6) is 0.415. The van der Waals surface area contributed by atoms with E-state index in [1.165, 1.54) is 0 Å². The number of nitrogens with one attached hydrogen (secondary N) is 1. The van der Waals surface area contributed by atoms with Gasteiger partial charge < -0.3 is 19.7 Å². The molecule has 0 aliphatic rings. The molecule has 3 aromatic rings. The van der Waals surface area contributed by atoms with Crippen LogP contribution in [0.1, 0.15) is 31.9 Å². The van der Waals surface area contributed by atoms with Gasteiger partial charge >= 0.3 is 0 Å². The van der Waals surface area contributed by atoms with E-state index >= 15 is 0 Å². The molecule has 2 amide bonds. The number of ether oxygens (including phenoxy) is 2. The molecule has 190 valence electrons. The number of benzene rings is 3. The first-order valence-corrected chi connectivity index (χ1v) is 12.2. The molecule has 0 aliphatic carbocycles. The van der Waals surface area contributed by atoms with Crippen LogP contribution in [0.2, 0.25) is 5.02 Å². The first-order chi connectivity index (χ1) is 17.2. The first-order valence-electron chi connectivity index (χ1n) is 11.8. The van der Waals surface area contributed by atoms with Gasteiger partial charge in [-0.3, -0.25) is 9.59 Å². The minimum absolute atomic E-state index is 0.198. The Hall–Kier alpha value is -3.51. The maximum Gasteiger partial charge on any atom is 0.261 e. The summed E-state index contributed by atoms with van der Waals surface area (Å²) in [7, 11) is 1.54. The number of halogens is 1. The van der Waals surface area contributed by atoms with Crippen LogP contribution >= 0.6 is 11.6 Å². The van der Waals surface area contributed by atoms with Gasteiger partial charge in [-0.15, -0.1) is 0 Å². The van der Waals surface area contributed by atoms with Crippen LogP contribution in [0.4, 0.5) is 0 Å². The highest BCUT2D eigenvalue weighted by Crippen LogP contribution is 2.26. The third kappa shape index (κ3) is 8.02. The molecule has 0 aliphatic heterocycles. The molecule has 0 heterocycles. The third-order valence-corrected chi connectivity index (χ3v) is 5.67. The number of methoxy groups -OCH3 is 1. The summed E-state index contributed by atoms with van der Waals surface area (Å²) in [6, 6.07) is 23.3. The van der Waals surface area contributed by atoms with E-state index in [1.54, 1.807) is 42.3 Å². The van der Waals surface area contributed by atoms with Crippen molar-refractivity contribution in [3.63, 3.8) is 0 Å². The predicted molar refractivity (Wildman–Crippen MR) is 142 cm³/mol. The second-order valence-electron chi connectivity index (χ2n) is 9.54. The molecule has 0 aromatic heterocycles. The quantitative estimate of drug-likeness (QED) is 0.404. The Kier molecular flexibility index (Phi) is 9.37. The number of carbonyl (C=O) groups is 2. The van der Waals surface area contributed by atoms with Crippen molar-refractivity contribution < 1.29 is 19.1 Å². The Labute approximate surface area is 218 Å². The molecule has 7 heteroatoms. The SMILES string of the molecule is COc1ccccc1OCC(=O)N(Cc1cccc(Cl)c1)C(Cc1ccccc1)C(=O)NC(C)(C)C. The second kappa shape index (κ2) is 12.5. The molecule has 0 radical (unpaired) electrons. The number of hydrogen-bond donors (Lipinski definition) is 1. The smallest absolute Gasteiger partial charge is 0.261 e. The van der Waals surface area contributed by atoms with Crippen molar-refractivity contribution in [1.29, 1.82) is 0 Å². The number of rotatable bonds is 10. The minimum Gasteiger partial charge on any atom is -0.493 e. The summed E-state index contributed by atoms with van der Waals surface area (Å²) in [4.78, 5) is 28.8. The summed E-state index contributed by atoms with van der Waals surface area (Å²) in [6.07, 6.45) is 0.351. The number of para-hydroxylation sites is 2. The van der Waals surface area contributed by atoms with Crippen molar-refractivity contribution in [2.75, 3.05) is 13.7 Å². The van der Waals surface area contributed by atoms with Crippen molar-refractivity contribution in [2.45, 2.75) is 45.3 Å². The standard InChI is InChI=1S/C29H33ClN2O4/c1-29(2,3)31-28(34)24(18-21-11-6-5-7-12-21)32(19-22-13-10-14-23(30)17-22)27(33)20-36-26-16-9-8-15-25(26)35-4/h5-17,24H,18-20H2,1-4H3,(H,31,34). The maximum atomic E-state index is 13.7. The molecule has 0 saturated heterocycles. The highest BCUT2D eigenvalue weighted by Gasteiger charge is 2.32. The minimum atomic E-state index is -0.764. The lowest BCUT2D eigenvalue weighted by Gasteiger charge is -2.33. The fourth-order valence-electron chi connectivity index (χ4n) is 3.80. The lowest BCUT2D eigenvalue weighted by atomic mass is 10.0. The maximum absolute atomic E-state index is 13.7. The summed E-state index contributed by atoms with van der Waals surface area (Å²) < 4.78 is 11.2. The Morgan fingerprint density at radius 1 is 0.917 bits per heavy atom. The van der Waals surface area contributed by atoms with Gasteiger partial charge in [-0.1, -0.05) is 66.2 Å². The number of carbonyl (C=O) groups excluding carboxylic acids is 2. The van der Waals surface area contributed by atoms with Gasteiger partial charge in [0, 0.05) is 23.5 Å². The monoisotopic (exact) mass is 508 g/mol. The van der Waals surface area contributed by atoms with Crippen LogP contribution in [0.3, 0.4) is 0 Å². The molecule has 0 saturated carbocycles. The van der Waals surface area contributed by atoms with Crippen LogP contribution < -0.4 is 14.8 Å². The lowest BCUT2D eigenvalue weighted by Crippen LogP contribution is -2.55. The van der Waals surface area contributed by atoms with E-state index in [0.29, 0.717) is 22.9 Å². The van der Waals surface area contributed by atoms with Gasteiger partial charge in [0.2, 0.25) is 5.91 Å². The number of hydrogen-bond acceptors (Lipinski definition) is 4. The largest absolute Gasteiger partial charge is 0.493 e. The molecule has 0 spiro atoms. The van der Waals surface area contributed by atoms with Crippen LogP contribution in [0.15, 0.2) is 78.9 Å². The van der Waals surface area contributed by atoms with Gasteiger partial charge in [0.25, 0.3) is 5.91 Å². The zero-order valence-electron chi connectivity index (χ0n) is 21.2. The van der Waals surface area contributed by atoms with Gasteiger partial charge in [0.05, 0.1) is 7.11 Å². The van der Waals surface area contributed by atoms with Crippen LogP contribution in [0.25, 0.3) is 0 Å². The molecular weight excluding hydrogens is 476 g/mol. The first kappa shape index (κ1) is 27.1. The zero-order chi connectivity index (χ0) is 26.1. The van der Waals surface area contributed by atoms with Gasteiger partial charge in [-0.2, -0.15) is 0 Å². The Morgan fingerprint density at radius 2 is 1.56 bits per heavy atom. The van der Waals surface area contributed by atoms with E-state index in [0.717, 1.165) is 11.1 Å². The Morgan fingerprint density at radius 3 is 2.19 bits per heavy atom. The molecule has 36 heavy (non-hydrogen) atoms. The molecule has 1 N–H and O–H groups in total. The topological polar surface area (TPSA) is 67.9 Å². The van der Waals surface area contributed by atoms with Gasteiger partial charge in [-0.25, -0.2) is 0 Å². The van der Waals surface area contributed by atoms with Gasteiger partial charge in [-0.05, 0) is 56.2 Å². The van der Waals surface area contributed by atoms with Gasteiger partial charge in [0.1, 0.15) is 6.04 Å². The summed E-state index contributed by atoms with van der Waals surface area (Å²) in [6.45, 7) is 5.69. The highest BCUT2D eigenvalue weighted by molar-refractivity contribution is 6.30. The fourth-order valence-corrected chi connectivity index (χ4v) is 4.01. The van der Waals surface area contributed by atoms with E-state index < -0.39 is 11.6 Å². The van der Waals surface area contributed by atoms with Gasteiger partial charge in [0.15, 0.2) is 18.1 Å². The van der Waals surface area contributed by atoms with E-state index in [9.17, 15) is 9.59 Å². The fraction of sp³-hybridized carbons (Fsp3) is 0.310. The van der Waals surface area contributed by atoms with Crippen molar-refractivity contribution in [1.82, 2.24) is 10.2 Å². The molecule has 3 rings (SSSR count). The Bertz CT molecular complexity index is 1160. The molecule has 6 nitrogen and oxygen atoms in total. The van der Waals surface area contributed by atoms with Crippen molar-refractivity contribution >= 4 is 23.4 Å². The molecule has 1 atom stereocenters. The van der Waals surface area contributed by atoms with Crippen LogP contribution in [0.5, 0.6) is 11.5 Å². The summed E-state index contributed by atoms with van der Waals surface area (Å²) in [5, 5.41) is 3.60. The predicted octanol–water partition coefficient (Wildman–Crippen LogP) is 5.28. The van der Waals surface area contributed by atoms with Crippen molar-refractivity contribution in [2.24, 2.45) is 0 Å². The van der Waals surface area contributed by atoms with Crippen LogP contribution in [0, 0.1) is 0 Å². The highest BCUT2D eigenvalue weighted by atomic mass is 35.5. The Balaban J connectivity index is 1.94. The average Bonchev–Trinajstić information content (AvgIpc) is 2.84. The summed E-state index contributed by atoms with van der Waals surface area (Å²) in [5.41, 5.74) is 1.29. The van der Waals surface area contributed by atoms with E-state index in [-0.39, 0.29) is 25.0 Å². The second-order valence-corrected chi connectivity index (χ2v) is 9.97. The van der Waals surface area contributed by atoms with E-state index in [1.807, 2.05) is 69.3 Å². The number of amides is 2. The normalized spacial score (nSPS) is 11.9. The third-order valence-electron chi connectivity index (χ3n) is 5.43. The average molecular weight is 509 g/mol. The molecule has 0 fully saturated rings. The van der Waals surface area contributed by atoms with Crippen molar-refractivity contribution in [3.05, 3.63) is 95.0 Å². The van der Waals surface area contributed by atoms with Crippen molar-refractivity contribution in [3.8, 4) is 11.5 Å². The van der Waals surface area contributed by atoms with Crippen LogP contribution in [-0.4, -0.2) is 42.0 Å².